The van der Waals surface area contributed by atoms with Crippen molar-refractivity contribution in [2.45, 2.75) is 19.8 Å². The summed E-state index contributed by atoms with van der Waals surface area (Å²) in [6, 6.07) is 0. The van der Waals surface area contributed by atoms with Gasteiger partial charge in [0, 0.05) is 6.16 Å². The third-order valence-corrected chi connectivity index (χ3v) is 1.40. The summed E-state index contributed by atoms with van der Waals surface area (Å²) in [5.41, 5.74) is 0. The zero-order valence-electron chi connectivity index (χ0n) is 4.42. The molecule has 0 heterocycles. The lowest BCUT2D eigenvalue weighted by Gasteiger charge is -1.85. The molecule has 0 aromatic rings. The maximum absolute atomic E-state index is 9.91. The first-order chi connectivity index (χ1) is 3.27. The first-order valence-corrected chi connectivity index (χ1v) is 3.80. The molecule has 0 saturated heterocycles. The van der Waals surface area contributed by atoms with E-state index >= 15 is 0 Å². The molecule has 1 radical (unpaired) electrons. The Morgan fingerprint density at radius 2 is 2.29 bits per heavy atom. The van der Waals surface area contributed by atoms with Gasteiger partial charge in [-0.15, -0.1) is 0 Å². The maximum atomic E-state index is 9.91. The minimum atomic E-state index is -1.86. The van der Waals surface area contributed by atoms with Crippen molar-refractivity contribution in [3.63, 3.8) is 0 Å². The average molecular weight is 121 g/mol. The van der Waals surface area contributed by atoms with Crippen LogP contribution in [0.5, 0.6) is 0 Å². The Kier molecular flexibility index (Phi) is 4.26. The first kappa shape index (κ1) is 7.06. The van der Waals surface area contributed by atoms with Crippen molar-refractivity contribution in [1.29, 1.82) is 0 Å². The molecular weight excluding hydrogens is 111 g/mol. The first-order valence-electron chi connectivity index (χ1n) is 2.41. The Morgan fingerprint density at radius 3 is 2.43 bits per heavy atom. The van der Waals surface area contributed by atoms with Gasteiger partial charge in [0.1, 0.15) is 0 Å². The molecule has 43 valence electrons. The minimum Gasteiger partial charge on any atom is -0.320 e. The normalized spacial score (nSPS) is 11.4. The molecule has 0 amide bonds. The van der Waals surface area contributed by atoms with Gasteiger partial charge in [-0.3, -0.25) is 4.57 Å². The van der Waals surface area contributed by atoms with Gasteiger partial charge in [-0.25, -0.2) is 0 Å². The van der Waals surface area contributed by atoms with Crippen molar-refractivity contribution in [2.75, 3.05) is 6.16 Å². The third kappa shape index (κ3) is 6.06. The molecule has 0 rings (SSSR count). The van der Waals surface area contributed by atoms with Crippen LogP contribution in [-0.4, -0.2) is 11.1 Å². The van der Waals surface area contributed by atoms with E-state index in [0.29, 0.717) is 6.16 Å². The van der Waals surface area contributed by atoms with E-state index in [0.717, 1.165) is 12.8 Å². The summed E-state index contributed by atoms with van der Waals surface area (Å²) in [6.45, 7) is 2.00. The number of unbranched alkanes of at least 4 members (excludes halogenated alkanes) is 1. The van der Waals surface area contributed by atoms with Crippen LogP contribution >= 0.6 is 8.03 Å². The third-order valence-electron chi connectivity index (χ3n) is 0.703. The maximum Gasteiger partial charge on any atom is 0.209 e. The fourth-order valence-corrected chi connectivity index (χ4v) is 0.880. The van der Waals surface area contributed by atoms with Crippen LogP contribution in [-0.2, 0) is 4.57 Å². The Morgan fingerprint density at radius 1 is 1.71 bits per heavy atom. The van der Waals surface area contributed by atoms with E-state index in [1.54, 1.807) is 0 Å². The van der Waals surface area contributed by atoms with Gasteiger partial charge in [-0.1, -0.05) is 13.3 Å². The van der Waals surface area contributed by atoms with Crippen LogP contribution in [0.3, 0.4) is 0 Å². The van der Waals surface area contributed by atoms with Crippen molar-refractivity contribution < 1.29 is 9.46 Å². The second kappa shape index (κ2) is 4.23. The fraction of sp³-hybridized carbons (Fsp3) is 1.00. The van der Waals surface area contributed by atoms with Gasteiger partial charge in [0.15, 0.2) is 0 Å². The van der Waals surface area contributed by atoms with Crippen LogP contribution < -0.4 is 0 Å². The second-order valence-corrected chi connectivity index (χ2v) is 2.58. The molecular formula is C4H10O2P. The molecule has 0 aliphatic heterocycles. The van der Waals surface area contributed by atoms with E-state index in [4.69, 9.17) is 4.89 Å². The van der Waals surface area contributed by atoms with Crippen molar-refractivity contribution >= 4 is 8.03 Å². The summed E-state index contributed by atoms with van der Waals surface area (Å²) in [5.74, 6) is 0. The van der Waals surface area contributed by atoms with E-state index in [9.17, 15) is 4.57 Å². The predicted molar refractivity (Wildman–Crippen MR) is 29.6 cm³/mol. The molecule has 1 N–H and O–H groups in total. The van der Waals surface area contributed by atoms with E-state index in [1.165, 1.54) is 0 Å². The number of hydrogen-bond donors (Lipinski definition) is 1. The molecule has 0 aromatic carbocycles. The lowest BCUT2D eigenvalue weighted by Crippen LogP contribution is -1.73. The van der Waals surface area contributed by atoms with Gasteiger partial charge < -0.3 is 4.89 Å². The van der Waals surface area contributed by atoms with Crippen LogP contribution in [0.2, 0.25) is 0 Å². The van der Waals surface area contributed by atoms with E-state index in [-0.39, 0.29) is 0 Å². The lowest BCUT2D eigenvalue weighted by atomic mass is 10.4. The lowest BCUT2D eigenvalue weighted by molar-refractivity contribution is 0.501. The second-order valence-electron chi connectivity index (χ2n) is 1.43. The van der Waals surface area contributed by atoms with Crippen LogP contribution in [0, 0.1) is 0 Å². The molecule has 0 bridgehead atoms. The molecule has 1 atom stereocenters. The van der Waals surface area contributed by atoms with E-state index in [1.807, 2.05) is 6.92 Å². The molecule has 1 unspecified atom stereocenters. The average Bonchev–Trinajstić information content (AvgIpc) is 1.61. The Balaban J connectivity index is 2.82. The monoisotopic (exact) mass is 121 g/mol. The number of hydrogen-bond acceptors (Lipinski definition) is 1. The summed E-state index contributed by atoms with van der Waals surface area (Å²) >= 11 is 0. The summed E-state index contributed by atoms with van der Waals surface area (Å²) < 4.78 is 9.91. The molecule has 3 heteroatoms. The summed E-state index contributed by atoms with van der Waals surface area (Å²) in [4.78, 5) is 8.19. The standard InChI is InChI=1S/C4H10O2P/c1-2-3-4-7(5)6/h2-4H2,1H3,(H,5,6). The smallest absolute Gasteiger partial charge is 0.209 e. The van der Waals surface area contributed by atoms with Crippen LogP contribution in [0.25, 0.3) is 0 Å². The Bertz CT molecular complexity index is 62.7. The summed E-state index contributed by atoms with van der Waals surface area (Å²) in [7, 11) is -1.86. The summed E-state index contributed by atoms with van der Waals surface area (Å²) in [6.07, 6.45) is 2.33. The van der Waals surface area contributed by atoms with Crippen LogP contribution in [0.15, 0.2) is 0 Å². The fourth-order valence-electron chi connectivity index (χ4n) is 0.293. The predicted octanol–water partition coefficient (Wildman–Crippen LogP) is 1.52. The van der Waals surface area contributed by atoms with Gasteiger partial charge in [0.05, 0.1) is 0 Å². The molecule has 0 aliphatic rings. The zero-order valence-corrected chi connectivity index (χ0v) is 5.32. The molecule has 0 fully saturated rings. The molecule has 0 spiro atoms. The Labute approximate surface area is 44.4 Å². The van der Waals surface area contributed by atoms with E-state index in [2.05, 4.69) is 0 Å². The van der Waals surface area contributed by atoms with Gasteiger partial charge in [0.25, 0.3) is 0 Å². The van der Waals surface area contributed by atoms with Gasteiger partial charge >= 0.3 is 0 Å². The van der Waals surface area contributed by atoms with Gasteiger partial charge in [-0.2, -0.15) is 0 Å². The van der Waals surface area contributed by atoms with Crippen molar-refractivity contribution in [3.05, 3.63) is 0 Å². The van der Waals surface area contributed by atoms with Crippen molar-refractivity contribution in [1.82, 2.24) is 0 Å². The quantitative estimate of drug-likeness (QED) is 0.575. The summed E-state index contributed by atoms with van der Waals surface area (Å²) in [5, 5.41) is 0. The Hall–Kier alpha value is 0.0600. The highest BCUT2D eigenvalue weighted by molar-refractivity contribution is 7.37. The molecule has 0 aliphatic carbocycles. The van der Waals surface area contributed by atoms with Gasteiger partial charge in [-0.05, 0) is 6.42 Å². The van der Waals surface area contributed by atoms with Crippen molar-refractivity contribution in [2.24, 2.45) is 0 Å². The molecule has 0 aromatic heterocycles. The largest absolute Gasteiger partial charge is 0.320 e. The molecule has 7 heavy (non-hydrogen) atoms. The molecule has 2 nitrogen and oxygen atoms in total. The SMILES string of the molecule is CCCC[P](=O)O. The highest BCUT2D eigenvalue weighted by Gasteiger charge is 1.88. The minimum absolute atomic E-state index is 0.464. The molecule has 0 saturated carbocycles. The van der Waals surface area contributed by atoms with Crippen LogP contribution in [0.1, 0.15) is 19.8 Å². The topological polar surface area (TPSA) is 37.3 Å². The van der Waals surface area contributed by atoms with E-state index < -0.39 is 8.03 Å². The highest BCUT2D eigenvalue weighted by Crippen LogP contribution is 2.13. The number of rotatable bonds is 3. The zero-order chi connectivity index (χ0) is 5.70. The highest BCUT2D eigenvalue weighted by atomic mass is 31.1. The van der Waals surface area contributed by atoms with Crippen LogP contribution in [0.4, 0.5) is 0 Å². The van der Waals surface area contributed by atoms with Crippen molar-refractivity contribution in [3.8, 4) is 0 Å². The van der Waals surface area contributed by atoms with Gasteiger partial charge in [0.2, 0.25) is 8.03 Å².